The minimum Gasteiger partial charge on any atom is -0.330 e. The van der Waals surface area contributed by atoms with Crippen LogP contribution in [-0.4, -0.2) is 81.8 Å². The molecule has 1 aliphatic heterocycles. The van der Waals surface area contributed by atoms with Crippen LogP contribution < -0.4 is 0 Å². The van der Waals surface area contributed by atoms with Gasteiger partial charge in [0.05, 0.1) is 12.0 Å². The van der Waals surface area contributed by atoms with E-state index in [-0.39, 0.29) is 30.6 Å². The smallest absolute Gasteiger partial charge is 0.330 e. The molecule has 1 saturated heterocycles. The third-order valence-corrected chi connectivity index (χ3v) is 14.9. The second-order valence-electron chi connectivity index (χ2n) is 11.2. The summed E-state index contributed by atoms with van der Waals surface area (Å²) in [5, 5.41) is 1.40. The molecule has 4 amide bonds. The van der Waals surface area contributed by atoms with Crippen molar-refractivity contribution in [3.63, 3.8) is 0 Å². The molecular formula is C27H46FN2O7PS5. The summed E-state index contributed by atoms with van der Waals surface area (Å²) in [6.45, 7) is 9.76. The van der Waals surface area contributed by atoms with E-state index < -0.39 is 30.6 Å². The van der Waals surface area contributed by atoms with Crippen LogP contribution in [0.5, 0.6) is 0 Å². The molecule has 0 N–H and O–H groups in total. The van der Waals surface area contributed by atoms with Gasteiger partial charge in [0, 0.05) is 54.2 Å². The van der Waals surface area contributed by atoms with Gasteiger partial charge in [0.25, 0.3) is 17.7 Å². The Balaban J connectivity index is 2.01. The maximum atomic E-state index is 14.3. The molecule has 0 radical (unpaired) electrons. The predicted molar refractivity (Wildman–Crippen MR) is 182 cm³/mol. The van der Waals surface area contributed by atoms with Crippen molar-refractivity contribution in [2.24, 2.45) is 10.8 Å². The molecule has 248 valence electrons. The summed E-state index contributed by atoms with van der Waals surface area (Å²) < 4.78 is 14.3. The van der Waals surface area contributed by atoms with Crippen LogP contribution in [0.2, 0.25) is 0 Å². The summed E-state index contributed by atoms with van der Waals surface area (Å²) in [4.78, 5) is 69.1. The van der Waals surface area contributed by atoms with E-state index >= 15 is 0 Å². The molecule has 0 bridgehead atoms. The zero-order valence-corrected chi connectivity index (χ0v) is 30.8. The van der Waals surface area contributed by atoms with Crippen molar-refractivity contribution in [3.8, 4) is 0 Å². The van der Waals surface area contributed by atoms with E-state index in [1.807, 2.05) is 20.8 Å². The number of hydroxylamine groups is 4. The number of carbonyl (C=O) groups is 5. The molecule has 1 rings (SSSR count). The molecule has 0 spiro atoms. The number of carbonyl (C=O) groups excluding carboxylic acids is 5. The van der Waals surface area contributed by atoms with Gasteiger partial charge in [0.1, 0.15) is 7.43 Å². The summed E-state index contributed by atoms with van der Waals surface area (Å²) in [7, 11) is 5.32. The van der Waals surface area contributed by atoms with Gasteiger partial charge >= 0.3 is 5.97 Å². The average Bonchev–Trinajstić information content (AvgIpc) is 3.26. The lowest BCUT2D eigenvalue weighted by Gasteiger charge is -2.26. The van der Waals surface area contributed by atoms with Crippen LogP contribution in [0.15, 0.2) is 0 Å². The third kappa shape index (κ3) is 17.9. The first kappa shape index (κ1) is 40.8. The lowest BCUT2D eigenvalue weighted by molar-refractivity contribution is -0.204. The maximum Gasteiger partial charge on any atom is 0.338 e. The van der Waals surface area contributed by atoms with E-state index in [0.29, 0.717) is 37.1 Å². The average molecular weight is 721 g/mol. The Kier molecular flexibility index (Phi) is 21.2. The van der Waals surface area contributed by atoms with Crippen molar-refractivity contribution in [1.82, 2.24) is 10.1 Å². The van der Waals surface area contributed by atoms with Gasteiger partial charge < -0.3 is 4.84 Å². The number of halogens is 1. The van der Waals surface area contributed by atoms with Gasteiger partial charge in [-0.05, 0) is 51.4 Å². The summed E-state index contributed by atoms with van der Waals surface area (Å²) in [6.07, 6.45) is 5.31. The Labute approximate surface area is 277 Å². The van der Waals surface area contributed by atoms with Crippen molar-refractivity contribution in [3.05, 3.63) is 0 Å². The summed E-state index contributed by atoms with van der Waals surface area (Å²) >= 11 is 1.40. The fourth-order valence-corrected chi connectivity index (χ4v) is 12.0. The highest BCUT2D eigenvalue weighted by molar-refractivity contribution is 8.77. The van der Waals surface area contributed by atoms with Gasteiger partial charge in [-0.15, -0.1) is 5.06 Å². The second-order valence-corrected chi connectivity index (χ2v) is 20.3. The van der Waals surface area contributed by atoms with E-state index in [9.17, 15) is 28.2 Å². The van der Waals surface area contributed by atoms with Crippen molar-refractivity contribution >= 4 is 92.1 Å². The highest BCUT2D eigenvalue weighted by Crippen LogP contribution is 2.52. The first-order valence-electron chi connectivity index (χ1n) is 14.4. The Bertz CT molecular complexity index is 888. The van der Waals surface area contributed by atoms with Gasteiger partial charge in [0.2, 0.25) is 6.41 Å². The van der Waals surface area contributed by atoms with Crippen LogP contribution in [0.1, 0.15) is 86.0 Å². The maximum absolute atomic E-state index is 14.3. The van der Waals surface area contributed by atoms with Gasteiger partial charge in [-0.1, -0.05) is 75.3 Å². The lowest BCUT2D eigenvalue weighted by atomic mass is 9.88. The van der Waals surface area contributed by atoms with Gasteiger partial charge in [-0.2, -0.15) is 5.06 Å². The number of nitrogens with zero attached hydrogens (tertiary/aromatic N) is 2. The number of rotatable bonds is 25. The number of amides is 4. The lowest BCUT2D eigenvalue weighted by Crippen LogP contribution is -2.37. The Morgan fingerprint density at radius 3 is 2.14 bits per heavy atom. The summed E-state index contributed by atoms with van der Waals surface area (Å²) in [6, 6.07) is 0. The molecule has 1 aliphatic rings. The number of imide groups is 2. The van der Waals surface area contributed by atoms with Gasteiger partial charge in [-0.3, -0.25) is 24.0 Å². The van der Waals surface area contributed by atoms with E-state index in [1.54, 1.807) is 57.0 Å². The van der Waals surface area contributed by atoms with Crippen molar-refractivity contribution in [1.29, 1.82) is 0 Å². The van der Waals surface area contributed by atoms with Crippen LogP contribution in [0.25, 0.3) is 0 Å². The molecule has 43 heavy (non-hydrogen) atoms. The van der Waals surface area contributed by atoms with Crippen LogP contribution in [0, 0.1) is 10.8 Å². The molecule has 0 aromatic heterocycles. The standard InChI is InChI=1S/C27H46FN2O7PS5/c1-6-9-22(32)29(21-31)36-20-26(2,3)12-7-15-40-42-17-14-38(28)39-18-19-43-41-16-8-13-27(4,5)25(35)37-30-23(33)10-11-24(30)34/h21H,6-20H2,1-5H3. The summed E-state index contributed by atoms with van der Waals surface area (Å²) in [5.41, 5.74) is -0.963. The zero-order chi connectivity index (χ0) is 32.3. The van der Waals surface area contributed by atoms with Gasteiger partial charge in [-0.25, -0.2) is 8.99 Å². The van der Waals surface area contributed by atoms with Crippen molar-refractivity contribution in [2.45, 2.75) is 86.0 Å². The van der Waals surface area contributed by atoms with E-state index in [2.05, 4.69) is 0 Å². The molecule has 1 atom stereocenters. The van der Waals surface area contributed by atoms with E-state index in [4.69, 9.17) is 9.68 Å². The molecule has 0 aromatic rings. The first-order valence-corrected chi connectivity index (χ1v) is 22.3. The number of hydrogen-bond donors (Lipinski definition) is 0. The zero-order valence-electron chi connectivity index (χ0n) is 25.8. The Hall–Kier alpha value is -0.180. The predicted octanol–water partition coefficient (Wildman–Crippen LogP) is 7.70. The minimum atomic E-state index is -1.53. The number of hydrogen-bond acceptors (Lipinski definition) is 12. The molecule has 9 nitrogen and oxygen atoms in total. The fourth-order valence-electron chi connectivity index (χ4n) is 3.53. The highest BCUT2D eigenvalue weighted by Gasteiger charge is 2.37. The van der Waals surface area contributed by atoms with Crippen LogP contribution in [-0.2, 0) is 33.6 Å². The molecular weight excluding hydrogens is 675 g/mol. The molecule has 0 aromatic carbocycles. The molecule has 0 aliphatic carbocycles. The van der Waals surface area contributed by atoms with Crippen LogP contribution in [0.4, 0.5) is 4.20 Å². The van der Waals surface area contributed by atoms with E-state index in [1.165, 1.54) is 11.4 Å². The SMILES string of the molecule is CCCC(=O)N(C=O)OCC(C)(C)CCCSSCCP(F)SCCSSCCCC(C)(C)C(=O)ON1C(=O)CCC1=O. The van der Waals surface area contributed by atoms with Crippen molar-refractivity contribution < 1.29 is 37.8 Å². The van der Waals surface area contributed by atoms with Crippen molar-refractivity contribution in [2.75, 3.05) is 41.5 Å². The normalized spacial score (nSPS) is 14.7. The van der Waals surface area contributed by atoms with E-state index in [0.717, 1.165) is 53.1 Å². The second kappa shape index (κ2) is 22.4. The first-order chi connectivity index (χ1) is 20.3. The highest BCUT2D eigenvalue weighted by atomic mass is 33.1. The van der Waals surface area contributed by atoms with Crippen LogP contribution in [0.3, 0.4) is 0 Å². The molecule has 1 heterocycles. The molecule has 0 saturated carbocycles. The quantitative estimate of drug-likeness (QED) is 0.0230. The third-order valence-electron chi connectivity index (χ3n) is 6.16. The molecule has 1 unspecified atom stereocenters. The van der Waals surface area contributed by atoms with Gasteiger partial charge in [0.15, 0.2) is 0 Å². The fraction of sp³-hybridized carbons (Fsp3) is 0.815. The Morgan fingerprint density at radius 2 is 1.53 bits per heavy atom. The summed E-state index contributed by atoms with van der Waals surface area (Å²) in [5.74, 6) is 2.32. The Morgan fingerprint density at radius 1 is 0.953 bits per heavy atom. The monoisotopic (exact) mass is 720 g/mol. The molecule has 1 fully saturated rings. The largest absolute Gasteiger partial charge is 0.338 e. The minimum absolute atomic E-state index is 0.0775. The van der Waals surface area contributed by atoms with Crippen LogP contribution >= 0.6 is 62.0 Å². The topological polar surface area (TPSA) is 110 Å². The molecule has 16 heteroatoms.